The van der Waals surface area contributed by atoms with Crippen LogP contribution in [-0.4, -0.2) is 78.6 Å². The maximum atomic E-state index is 13.9. The second-order valence-electron chi connectivity index (χ2n) is 12.9. The molecule has 0 aliphatic carbocycles. The Labute approximate surface area is 280 Å². The quantitative estimate of drug-likeness (QED) is 0.192. The minimum atomic E-state index is -0.738. The van der Waals surface area contributed by atoms with Gasteiger partial charge in [0.15, 0.2) is 11.6 Å². The zero-order valence-corrected chi connectivity index (χ0v) is 28.7. The zero-order valence-electron chi connectivity index (χ0n) is 27.9. The number of amides is 2. The van der Waals surface area contributed by atoms with Crippen molar-refractivity contribution in [1.82, 2.24) is 15.5 Å². The van der Waals surface area contributed by atoms with Crippen LogP contribution in [0.3, 0.4) is 0 Å². The van der Waals surface area contributed by atoms with Gasteiger partial charge in [-0.2, -0.15) is 11.8 Å². The van der Waals surface area contributed by atoms with E-state index in [1.165, 1.54) is 0 Å². The van der Waals surface area contributed by atoms with Crippen molar-refractivity contribution in [2.24, 2.45) is 23.5 Å². The van der Waals surface area contributed by atoms with Crippen molar-refractivity contribution >= 4 is 35.1 Å². The number of nitrogens with zero attached hydrogens (tertiary/aromatic N) is 1. The van der Waals surface area contributed by atoms with Crippen LogP contribution in [0.5, 0.6) is 0 Å². The molecular formula is C37H54N4O4S. The minimum Gasteiger partial charge on any atom is -0.346 e. The summed E-state index contributed by atoms with van der Waals surface area (Å²) < 4.78 is 0. The van der Waals surface area contributed by atoms with Crippen LogP contribution in [0.1, 0.15) is 63.5 Å². The van der Waals surface area contributed by atoms with Crippen molar-refractivity contribution in [1.29, 1.82) is 0 Å². The highest BCUT2D eigenvalue weighted by molar-refractivity contribution is 7.99. The van der Waals surface area contributed by atoms with Gasteiger partial charge in [0.05, 0.1) is 12.1 Å². The minimum absolute atomic E-state index is 0.0184. The molecule has 2 aromatic rings. The molecule has 1 heterocycles. The normalized spacial score (nSPS) is 16.2. The Kier molecular flexibility index (Phi) is 16.5. The molecule has 0 bridgehead atoms. The summed E-state index contributed by atoms with van der Waals surface area (Å²) in [6.07, 6.45) is 3.64. The number of carbonyl (C=O) groups is 4. The maximum absolute atomic E-state index is 13.9. The Balaban J connectivity index is 1.76. The van der Waals surface area contributed by atoms with E-state index in [4.69, 9.17) is 5.73 Å². The van der Waals surface area contributed by atoms with Gasteiger partial charge in [-0.05, 0) is 74.9 Å². The molecule has 4 atom stereocenters. The number of hydrogen-bond acceptors (Lipinski definition) is 7. The summed E-state index contributed by atoms with van der Waals surface area (Å²) in [7, 11) is 1.88. The fraction of sp³-hybridized carbons (Fsp3) is 0.568. The van der Waals surface area contributed by atoms with Gasteiger partial charge in [0, 0.05) is 43.5 Å². The Morgan fingerprint density at radius 1 is 0.848 bits per heavy atom. The van der Waals surface area contributed by atoms with Crippen molar-refractivity contribution in [2.75, 3.05) is 38.2 Å². The molecule has 8 nitrogen and oxygen atoms in total. The molecule has 1 saturated heterocycles. The zero-order chi connectivity index (χ0) is 33.3. The molecule has 3 rings (SSSR count). The number of Topliss-reactive ketones (excluding diaryl/α,β-unsaturated/α-hetero) is 2. The average Bonchev–Trinajstić information content (AvgIpc) is 3.34. The van der Waals surface area contributed by atoms with Crippen LogP contribution in [0.25, 0.3) is 0 Å². The van der Waals surface area contributed by atoms with E-state index in [1.807, 2.05) is 98.2 Å². The van der Waals surface area contributed by atoms with Gasteiger partial charge in [0.1, 0.15) is 0 Å². The molecule has 1 aliphatic heterocycles. The molecule has 9 heteroatoms. The Morgan fingerprint density at radius 2 is 1.48 bits per heavy atom. The van der Waals surface area contributed by atoms with Gasteiger partial charge in [0.25, 0.3) is 0 Å². The van der Waals surface area contributed by atoms with Gasteiger partial charge < -0.3 is 21.3 Å². The second-order valence-corrected chi connectivity index (χ2v) is 14.2. The summed E-state index contributed by atoms with van der Waals surface area (Å²) >= 11 is 1.86. The maximum Gasteiger partial charge on any atom is 0.226 e. The Bertz CT molecular complexity index is 1220. The number of carbonyl (C=O) groups excluding carboxylic acids is 4. The lowest BCUT2D eigenvalue weighted by molar-refractivity contribution is -0.139. The van der Waals surface area contributed by atoms with Crippen LogP contribution in [0.15, 0.2) is 60.7 Å². The van der Waals surface area contributed by atoms with Gasteiger partial charge in [-0.15, -0.1) is 0 Å². The first kappa shape index (κ1) is 37.4. The number of hydrogen-bond donors (Lipinski definition) is 3. The van der Waals surface area contributed by atoms with E-state index < -0.39 is 23.9 Å². The molecule has 0 unspecified atom stereocenters. The number of rotatable bonds is 19. The third-order valence-corrected chi connectivity index (χ3v) is 9.63. The highest BCUT2D eigenvalue weighted by atomic mass is 32.2. The van der Waals surface area contributed by atoms with E-state index in [-0.39, 0.29) is 42.1 Å². The molecule has 2 amide bonds. The smallest absolute Gasteiger partial charge is 0.226 e. The van der Waals surface area contributed by atoms with Crippen LogP contribution in [0, 0.1) is 17.8 Å². The molecule has 0 aromatic heterocycles. The first-order chi connectivity index (χ1) is 22.2. The van der Waals surface area contributed by atoms with Gasteiger partial charge in [0.2, 0.25) is 11.8 Å². The average molecular weight is 651 g/mol. The number of ketones is 2. The highest BCUT2D eigenvalue weighted by Crippen LogP contribution is 2.22. The van der Waals surface area contributed by atoms with Crippen LogP contribution in [0.2, 0.25) is 0 Å². The van der Waals surface area contributed by atoms with Crippen molar-refractivity contribution in [3.8, 4) is 0 Å². The lowest BCUT2D eigenvalue weighted by Gasteiger charge is -2.28. The monoisotopic (exact) mass is 650 g/mol. The molecule has 46 heavy (non-hydrogen) atoms. The Hall–Kier alpha value is -3.01. The van der Waals surface area contributed by atoms with Gasteiger partial charge in [-0.3, -0.25) is 19.2 Å². The summed E-state index contributed by atoms with van der Waals surface area (Å²) in [4.78, 5) is 56.8. The first-order valence-corrected chi connectivity index (χ1v) is 18.0. The molecule has 0 saturated carbocycles. The number of benzene rings is 2. The summed E-state index contributed by atoms with van der Waals surface area (Å²) in [6.45, 7) is 6.22. The van der Waals surface area contributed by atoms with E-state index in [0.29, 0.717) is 32.2 Å². The molecule has 4 N–H and O–H groups in total. The third-order valence-electron chi connectivity index (χ3n) is 8.58. The van der Waals surface area contributed by atoms with E-state index in [0.717, 1.165) is 48.6 Å². The van der Waals surface area contributed by atoms with Crippen molar-refractivity contribution in [2.45, 2.75) is 77.3 Å². The summed E-state index contributed by atoms with van der Waals surface area (Å²) in [5, 5.41) is 6.18. The van der Waals surface area contributed by atoms with Gasteiger partial charge in [-0.25, -0.2) is 0 Å². The molecule has 1 fully saturated rings. The molecule has 2 aromatic carbocycles. The fourth-order valence-corrected chi connectivity index (χ4v) is 6.90. The van der Waals surface area contributed by atoms with Crippen LogP contribution < -0.4 is 16.4 Å². The fourth-order valence-electron chi connectivity index (χ4n) is 6.01. The summed E-state index contributed by atoms with van der Waals surface area (Å²) in [6, 6.07) is 17.8. The van der Waals surface area contributed by atoms with Crippen molar-refractivity contribution in [3.05, 3.63) is 71.8 Å². The predicted molar refractivity (Wildman–Crippen MR) is 188 cm³/mol. The topological polar surface area (TPSA) is 122 Å². The lowest BCUT2D eigenvalue weighted by atomic mass is 9.87. The van der Waals surface area contributed by atoms with Crippen LogP contribution in [0.4, 0.5) is 0 Å². The summed E-state index contributed by atoms with van der Waals surface area (Å²) in [5.74, 6) is 0.397. The lowest BCUT2D eigenvalue weighted by Crippen LogP contribution is -2.47. The largest absolute Gasteiger partial charge is 0.346 e. The third kappa shape index (κ3) is 13.0. The second kappa shape index (κ2) is 20.3. The first-order valence-electron chi connectivity index (χ1n) is 16.9. The van der Waals surface area contributed by atoms with E-state index in [9.17, 15) is 19.2 Å². The molecule has 252 valence electrons. The molecule has 0 spiro atoms. The van der Waals surface area contributed by atoms with Crippen LogP contribution >= 0.6 is 11.8 Å². The van der Waals surface area contributed by atoms with Crippen LogP contribution in [-0.2, 0) is 32.0 Å². The number of nitrogens with two attached hydrogens (primary N) is 1. The number of nitrogens with one attached hydrogen (secondary N) is 2. The van der Waals surface area contributed by atoms with Gasteiger partial charge in [-0.1, -0.05) is 74.5 Å². The standard InChI is InChI=1S/C37H54N4O4S/c1-27(2)22-33(35(43)25-30(16-10-17-39-3)37(45)41-18-11-20-46-21-19-41)40-36(44)31(23-28-12-6-4-7-13-28)26-34(42)32(38)24-29-14-8-5-9-15-29/h4-9,12-15,27,30-33,39H,10-11,16-26,38H2,1-3H3,(H,40,44)/t30-,31-,32+,33+/m0/s1. The SMILES string of the molecule is CNCCC[C@@H](CC(=O)[C@@H](CC(C)C)NC(=O)[C@H](CC(=O)[C@H](N)Cc1ccccc1)Cc1ccccc1)C(=O)N1CCCSCC1. The summed E-state index contributed by atoms with van der Waals surface area (Å²) in [5.41, 5.74) is 8.23. The van der Waals surface area contributed by atoms with E-state index >= 15 is 0 Å². The van der Waals surface area contributed by atoms with Gasteiger partial charge >= 0.3 is 0 Å². The molecule has 1 aliphatic rings. The van der Waals surface area contributed by atoms with E-state index in [1.54, 1.807) is 0 Å². The predicted octanol–water partition coefficient (Wildman–Crippen LogP) is 4.45. The van der Waals surface area contributed by atoms with E-state index in [2.05, 4.69) is 10.6 Å². The molecule has 0 radical (unpaired) electrons. The number of thioether (sulfide) groups is 1. The Morgan fingerprint density at radius 3 is 2.11 bits per heavy atom. The van der Waals surface area contributed by atoms with Crippen molar-refractivity contribution in [3.63, 3.8) is 0 Å². The molecular weight excluding hydrogens is 596 g/mol. The van der Waals surface area contributed by atoms with Crippen molar-refractivity contribution < 1.29 is 19.2 Å². The highest BCUT2D eigenvalue weighted by Gasteiger charge is 2.33.